The van der Waals surface area contributed by atoms with Gasteiger partial charge < -0.3 is 18.1 Å². The Bertz CT molecular complexity index is 45.7. The third kappa shape index (κ3) is 19.8. The maximum Gasteiger partial charge on any atom is 2.00 e. The summed E-state index contributed by atoms with van der Waals surface area (Å²) in [5, 5.41) is 7.62. The van der Waals surface area contributed by atoms with Crippen LogP contribution in [0.25, 0.3) is 5.32 Å². The third-order valence-electron chi connectivity index (χ3n) is 1.34. The van der Waals surface area contributed by atoms with Crippen LogP contribution in [0.4, 0.5) is 0 Å². The zero-order chi connectivity index (χ0) is 5.66. The van der Waals surface area contributed by atoms with E-state index in [-0.39, 0.29) is 66.4 Å². The van der Waals surface area contributed by atoms with Gasteiger partial charge in [0, 0.05) is 0 Å². The zero-order valence-electron chi connectivity index (χ0n) is 7.91. The summed E-state index contributed by atoms with van der Waals surface area (Å²) in [6.07, 6.45) is 2.44. The first-order chi connectivity index (χ1) is 4.00. The number of halogens is 3. The first kappa shape index (κ1) is 29.3. The van der Waals surface area contributed by atoms with Crippen LogP contribution in [0.5, 0.6) is 0 Å². The quantitative estimate of drug-likeness (QED) is 0.537. The molecule has 6 heteroatoms. The van der Waals surface area contributed by atoms with Gasteiger partial charge in [-0.3, -0.25) is 0 Å². The minimum atomic E-state index is 0. The normalized spacial score (nSPS) is 14.8. The molecule has 1 rings (SSSR count). The Morgan fingerprint density at radius 2 is 1.23 bits per heavy atom. The maximum absolute atomic E-state index is 4.29. The van der Waals surface area contributed by atoms with Crippen LogP contribution in [0, 0.1) is 7.43 Å². The Hall–Kier alpha value is 1.50. The van der Waals surface area contributed by atoms with Crippen molar-refractivity contribution in [3.8, 4) is 0 Å². The van der Waals surface area contributed by atoms with Crippen LogP contribution in [-0.2, 0) is 21.7 Å². The molecule has 1 heterocycles. The van der Waals surface area contributed by atoms with Crippen LogP contribution in [-0.4, -0.2) is 26.2 Å². The average molecular weight is 285 g/mol. The topological polar surface area (TPSA) is 26.1 Å². The van der Waals surface area contributed by atoms with Gasteiger partial charge in [0.05, 0.1) is 0 Å². The number of nitrogens with zero attached hydrogens (tertiary/aromatic N) is 1. The van der Waals surface area contributed by atoms with Gasteiger partial charge in [0.25, 0.3) is 0 Å². The van der Waals surface area contributed by atoms with Crippen molar-refractivity contribution in [1.82, 2.24) is 5.32 Å². The monoisotopic (exact) mass is 284 g/mol. The first-order valence-corrected chi connectivity index (χ1v) is 3.34. The Kier molecular flexibility index (Phi) is 52.7. The number of hydrogen-bond donors (Lipinski definition) is 1. The maximum atomic E-state index is 4.29. The van der Waals surface area contributed by atoms with E-state index in [1.807, 2.05) is 0 Å². The number of rotatable bonds is 0. The molecule has 0 aliphatic carbocycles. The van der Waals surface area contributed by atoms with Gasteiger partial charge in [-0.25, -0.2) is 0 Å². The van der Waals surface area contributed by atoms with E-state index in [1.54, 1.807) is 0 Å². The van der Waals surface area contributed by atoms with E-state index in [1.165, 1.54) is 12.8 Å². The molecule has 1 fully saturated rings. The van der Waals surface area contributed by atoms with Gasteiger partial charge in [0.1, 0.15) is 0 Å². The molecule has 0 unspecified atom stereocenters. The van der Waals surface area contributed by atoms with E-state index in [2.05, 4.69) is 10.6 Å². The van der Waals surface area contributed by atoms with Gasteiger partial charge in [-0.15, -0.1) is 50.3 Å². The van der Waals surface area contributed by atoms with Crippen LogP contribution < -0.4 is 5.32 Å². The molecule has 1 aliphatic rings. The van der Waals surface area contributed by atoms with Crippen molar-refractivity contribution >= 4 is 37.2 Å². The van der Waals surface area contributed by atoms with E-state index in [0.717, 1.165) is 26.2 Å². The Morgan fingerprint density at radius 1 is 0.846 bits per heavy atom. The van der Waals surface area contributed by atoms with E-state index in [4.69, 9.17) is 0 Å². The Morgan fingerprint density at radius 3 is 1.62 bits per heavy atom. The number of nitrogens with one attached hydrogen (secondary N) is 1. The van der Waals surface area contributed by atoms with Gasteiger partial charge >= 0.3 is 21.7 Å². The van der Waals surface area contributed by atoms with Gasteiger partial charge in [-0.1, -0.05) is 12.8 Å². The minimum absolute atomic E-state index is 0. The fraction of sp³-hybridized carbons (Fsp3) is 0.857. The molecule has 0 bridgehead atoms. The van der Waals surface area contributed by atoms with E-state index >= 15 is 0 Å². The molecule has 0 amide bonds. The second-order valence-electron chi connectivity index (χ2n) is 2.13. The summed E-state index contributed by atoms with van der Waals surface area (Å²) in [5.74, 6) is 0. The third-order valence-corrected chi connectivity index (χ3v) is 1.34. The van der Waals surface area contributed by atoms with Crippen LogP contribution in [0.3, 0.4) is 0 Å². The fourth-order valence-corrected chi connectivity index (χ4v) is 0.869. The summed E-state index contributed by atoms with van der Waals surface area (Å²) in [7, 11) is 0. The summed E-state index contributed by atoms with van der Waals surface area (Å²) >= 11 is 0. The molecule has 0 atom stereocenters. The minimum Gasteiger partial charge on any atom is -0.662 e. The molecule has 0 aromatic rings. The molecular formula is C7H19Cl3N2Ti. The standard InChI is InChI=1S/C6H13N2.CH3.3ClH.Ti/c1-3-7-5-2-6-8-4-1;;;;;/h7H,1-6H2;1H3;3*1H;/q2*-1;;;;+2. The molecule has 2 nitrogen and oxygen atoms in total. The largest absolute Gasteiger partial charge is 2.00 e. The Balaban J connectivity index is -0.0000000427. The second-order valence-corrected chi connectivity index (χ2v) is 2.13. The zero-order valence-corrected chi connectivity index (χ0v) is 11.9. The summed E-state index contributed by atoms with van der Waals surface area (Å²) < 4.78 is 0. The van der Waals surface area contributed by atoms with Gasteiger partial charge in [0.15, 0.2) is 0 Å². The van der Waals surface area contributed by atoms with Crippen molar-refractivity contribution in [3.05, 3.63) is 12.7 Å². The molecule has 1 N–H and O–H groups in total. The van der Waals surface area contributed by atoms with Crippen LogP contribution in [0.2, 0.25) is 0 Å². The van der Waals surface area contributed by atoms with Crippen molar-refractivity contribution in [2.24, 2.45) is 0 Å². The van der Waals surface area contributed by atoms with Crippen molar-refractivity contribution in [1.29, 1.82) is 0 Å². The molecule has 0 spiro atoms. The smallest absolute Gasteiger partial charge is 0.662 e. The second kappa shape index (κ2) is 23.4. The molecule has 82 valence electrons. The van der Waals surface area contributed by atoms with Gasteiger partial charge in [-0.05, 0) is 13.1 Å². The van der Waals surface area contributed by atoms with Crippen molar-refractivity contribution in [2.45, 2.75) is 12.8 Å². The average Bonchev–Trinajstić information content (AvgIpc) is 1.62. The molecule has 1 aliphatic heterocycles. The summed E-state index contributed by atoms with van der Waals surface area (Å²) in [6.45, 7) is 4.44. The molecule has 0 aromatic heterocycles. The molecule has 0 saturated carbocycles. The van der Waals surface area contributed by atoms with Gasteiger partial charge in [0.2, 0.25) is 0 Å². The summed E-state index contributed by atoms with van der Waals surface area (Å²) in [6, 6.07) is 0. The summed E-state index contributed by atoms with van der Waals surface area (Å²) in [4.78, 5) is 0. The van der Waals surface area contributed by atoms with Crippen LogP contribution >= 0.6 is 37.2 Å². The van der Waals surface area contributed by atoms with Gasteiger partial charge in [-0.2, -0.15) is 0 Å². The van der Waals surface area contributed by atoms with E-state index in [0.29, 0.717) is 0 Å². The first-order valence-electron chi connectivity index (χ1n) is 3.34. The van der Waals surface area contributed by atoms with Crippen LogP contribution in [0.15, 0.2) is 0 Å². The molecule has 0 aromatic carbocycles. The molecule has 1 saturated heterocycles. The molecule has 13 heavy (non-hydrogen) atoms. The fourth-order valence-electron chi connectivity index (χ4n) is 0.869. The van der Waals surface area contributed by atoms with Crippen molar-refractivity contribution < 1.29 is 21.7 Å². The van der Waals surface area contributed by atoms with Crippen molar-refractivity contribution in [2.75, 3.05) is 26.2 Å². The van der Waals surface area contributed by atoms with E-state index in [9.17, 15) is 0 Å². The predicted molar refractivity (Wildman–Crippen MR) is 63.4 cm³/mol. The van der Waals surface area contributed by atoms with E-state index < -0.39 is 0 Å². The number of hydrogen-bond acceptors (Lipinski definition) is 1. The SMILES string of the molecule is C1C[N-]CCCNC1.Cl.Cl.Cl.[CH3-].[Ti+2]. The van der Waals surface area contributed by atoms with Crippen molar-refractivity contribution in [3.63, 3.8) is 0 Å². The molecular weight excluding hydrogens is 266 g/mol. The Labute approximate surface area is 115 Å². The summed E-state index contributed by atoms with van der Waals surface area (Å²) in [5.41, 5.74) is 0. The molecule has 0 radical (unpaired) electrons. The predicted octanol–water partition coefficient (Wildman–Crippen LogP) is 2.46. The van der Waals surface area contributed by atoms with Crippen LogP contribution in [0.1, 0.15) is 12.8 Å².